The zero-order valence-electron chi connectivity index (χ0n) is 17.0. The fraction of sp³-hybridized carbons (Fsp3) is 0.300. The van der Waals surface area contributed by atoms with E-state index in [4.69, 9.17) is 0 Å². The highest BCUT2D eigenvalue weighted by Gasteiger charge is 2.22. The van der Waals surface area contributed by atoms with Gasteiger partial charge in [-0.15, -0.1) is 5.10 Å². The molecule has 1 saturated heterocycles. The molecule has 3 heterocycles. The smallest absolute Gasteiger partial charge is 0.253 e. The van der Waals surface area contributed by atoms with Crippen molar-refractivity contribution < 1.29 is 9.59 Å². The number of thioether (sulfide) groups is 1. The van der Waals surface area contributed by atoms with Crippen LogP contribution in [0, 0.1) is 0 Å². The summed E-state index contributed by atoms with van der Waals surface area (Å²) in [6, 6.07) is 12.8. The Morgan fingerprint density at radius 2 is 1.84 bits per heavy atom. The van der Waals surface area contributed by atoms with Crippen LogP contribution in [0.25, 0.3) is 0 Å². The molecule has 0 atom stereocenters. The largest absolute Gasteiger partial charge is 0.353 e. The van der Waals surface area contributed by atoms with E-state index in [2.05, 4.69) is 30.7 Å². The molecular weight excluding hydrogens is 416 g/mol. The van der Waals surface area contributed by atoms with Crippen LogP contribution in [-0.2, 0) is 11.8 Å². The number of tetrazole rings is 1. The number of aryl methyl sites for hydroxylation is 1. The normalized spacial score (nSPS) is 13.8. The lowest BCUT2D eigenvalue weighted by atomic mass is 10.1. The molecule has 1 aromatic carbocycles. The molecule has 4 rings (SSSR count). The predicted molar refractivity (Wildman–Crippen MR) is 117 cm³/mol. The first kappa shape index (κ1) is 20.8. The first-order valence-corrected chi connectivity index (χ1v) is 10.8. The highest BCUT2D eigenvalue weighted by Crippen LogP contribution is 2.17. The molecule has 2 aromatic heterocycles. The Kier molecular flexibility index (Phi) is 6.41. The summed E-state index contributed by atoms with van der Waals surface area (Å²) in [5, 5.41) is 14.5. The maximum Gasteiger partial charge on any atom is 0.253 e. The molecular formula is C20H22N8O2S. The Balaban J connectivity index is 1.27. The zero-order chi connectivity index (χ0) is 21.6. The molecule has 0 aliphatic carbocycles. The van der Waals surface area contributed by atoms with Crippen LogP contribution < -0.4 is 10.2 Å². The average molecular weight is 439 g/mol. The van der Waals surface area contributed by atoms with Crippen LogP contribution in [0.4, 0.5) is 11.5 Å². The van der Waals surface area contributed by atoms with Crippen LogP contribution >= 0.6 is 11.8 Å². The van der Waals surface area contributed by atoms with Crippen LogP contribution in [0.5, 0.6) is 0 Å². The van der Waals surface area contributed by atoms with Gasteiger partial charge in [-0.05, 0) is 46.8 Å². The van der Waals surface area contributed by atoms with E-state index in [-0.39, 0.29) is 17.6 Å². The topological polar surface area (TPSA) is 109 Å². The zero-order valence-corrected chi connectivity index (χ0v) is 17.8. The number of benzene rings is 1. The van der Waals surface area contributed by atoms with Gasteiger partial charge >= 0.3 is 0 Å². The lowest BCUT2D eigenvalue weighted by molar-refractivity contribution is -0.113. The van der Waals surface area contributed by atoms with Crippen molar-refractivity contribution >= 4 is 35.1 Å². The molecule has 1 N–H and O–H groups in total. The standard InChI is InChI=1S/C20H22N8O2S/c1-26-20(23-24-25-26)31-14-18(29)22-16-7-5-15(6-8-16)19(30)28-12-10-27(11-13-28)17-4-2-3-9-21-17/h2-9H,10-14H2,1H3,(H,22,29). The lowest BCUT2D eigenvalue weighted by Gasteiger charge is -2.35. The number of hydrogen-bond donors (Lipinski definition) is 1. The number of aromatic nitrogens is 5. The third-order valence-electron chi connectivity index (χ3n) is 4.87. The lowest BCUT2D eigenvalue weighted by Crippen LogP contribution is -2.49. The van der Waals surface area contributed by atoms with E-state index in [0.29, 0.717) is 29.5 Å². The van der Waals surface area contributed by atoms with E-state index < -0.39 is 0 Å². The van der Waals surface area contributed by atoms with Gasteiger partial charge in [-0.2, -0.15) is 0 Å². The summed E-state index contributed by atoms with van der Waals surface area (Å²) >= 11 is 1.25. The van der Waals surface area contributed by atoms with Crippen LogP contribution in [0.15, 0.2) is 53.8 Å². The summed E-state index contributed by atoms with van der Waals surface area (Å²) < 4.78 is 1.51. The van der Waals surface area contributed by atoms with Crippen molar-refractivity contribution in [2.24, 2.45) is 7.05 Å². The van der Waals surface area contributed by atoms with Crippen LogP contribution in [0.3, 0.4) is 0 Å². The Morgan fingerprint density at radius 3 is 2.48 bits per heavy atom. The molecule has 1 aliphatic rings. The van der Waals surface area contributed by atoms with Crippen molar-refractivity contribution in [2.45, 2.75) is 5.16 Å². The van der Waals surface area contributed by atoms with Crippen molar-refractivity contribution in [3.05, 3.63) is 54.2 Å². The monoisotopic (exact) mass is 438 g/mol. The van der Waals surface area contributed by atoms with Gasteiger partial charge in [0.2, 0.25) is 11.1 Å². The Morgan fingerprint density at radius 1 is 1.06 bits per heavy atom. The minimum absolute atomic E-state index is 0.0103. The van der Waals surface area contributed by atoms with Crippen molar-refractivity contribution in [3.8, 4) is 0 Å². The summed E-state index contributed by atoms with van der Waals surface area (Å²) in [6.07, 6.45) is 1.78. The number of nitrogens with zero attached hydrogens (tertiary/aromatic N) is 7. The van der Waals surface area contributed by atoms with E-state index >= 15 is 0 Å². The van der Waals surface area contributed by atoms with E-state index in [1.54, 1.807) is 37.5 Å². The van der Waals surface area contributed by atoms with Gasteiger partial charge in [-0.3, -0.25) is 9.59 Å². The maximum atomic E-state index is 12.8. The Hall–Kier alpha value is -3.47. The molecule has 31 heavy (non-hydrogen) atoms. The Labute approximate surface area is 183 Å². The number of amides is 2. The van der Waals surface area contributed by atoms with Crippen LogP contribution in [0.2, 0.25) is 0 Å². The molecule has 2 amide bonds. The van der Waals surface area contributed by atoms with E-state index in [1.165, 1.54) is 16.4 Å². The van der Waals surface area contributed by atoms with Gasteiger partial charge < -0.3 is 15.1 Å². The molecule has 10 nitrogen and oxygen atoms in total. The summed E-state index contributed by atoms with van der Waals surface area (Å²) in [7, 11) is 1.72. The number of carbonyl (C=O) groups excluding carboxylic acids is 2. The second-order valence-electron chi connectivity index (χ2n) is 6.97. The van der Waals surface area contributed by atoms with Crippen molar-refractivity contribution in [2.75, 3.05) is 42.1 Å². The number of piperazine rings is 1. The van der Waals surface area contributed by atoms with Crippen molar-refractivity contribution in [1.29, 1.82) is 0 Å². The highest BCUT2D eigenvalue weighted by atomic mass is 32.2. The van der Waals surface area contributed by atoms with E-state index in [0.717, 1.165) is 18.9 Å². The van der Waals surface area contributed by atoms with Gasteiger partial charge in [0.25, 0.3) is 5.91 Å². The van der Waals surface area contributed by atoms with Crippen LogP contribution in [-0.4, -0.2) is 73.8 Å². The molecule has 0 unspecified atom stereocenters. The molecule has 0 saturated carbocycles. The second-order valence-corrected chi connectivity index (χ2v) is 7.91. The SMILES string of the molecule is Cn1nnnc1SCC(=O)Nc1ccc(C(=O)N2CCN(c3ccccn3)CC2)cc1. The van der Waals surface area contributed by atoms with Gasteiger partial charge in [-0.25, -0.2) is 9.67 Å². The number of carbonyl (C=O) groups is 2. The quantitative estimate of drug-likeness (QED) is 0.574. The van der Waals surface area contributed by atoms with Gasteiger partial charge in [-0.1, -0.05) is 17.8 Å². The number of nitrogens with one attached hydrogen (secondary N) is 1. The average Bonchev–Trinajstić information content (AvgIpc) is 3.23. The highest BCUT2D eigenvalue weighted by molar-refractivity contribution is 7.99. The van der Waals surface area contributed by atoms with Gasteiger partial charge in [0.15, 0.2) is 0 Å². The van der Waals surface area contributed by atoms with Gasteiger partial charge in [0.05, 0.1) is 5.75 Å². The molecule has 0 radical (unpaired) electrons. The number of hydrogen-bond acceptors (Lipinski definition) is 8. The van der Waals surface area contributed by atoms with Crippen LogP contribution in [0.1, 0.15) is 10.4 Å². The van der Waals surface area contributed by atoms with E-state index in [9.17, 15) is 9.59 Å². The minimum Gasteiger partial charge on any atom is -0.353 e. The molecule has 3 aromatic rings. The maximum absolute atomic E-state index is 12.8. The first-order valence-electron chi connectivity index (χ1n) is 9.80. The fourth-order valence-electron chi connectivity index (χ4n) is 3.23. The molecule has 0 bridgehead atoms. The summed E-state index contributed by atoms with van der Waals surface area (Å²) in [4.78, 5) is 33.4. The summed E-state index contributed by atoms with van der Waals surface area (Å²) in [5.74, 6) is 0.944. The first-order chi connectivity index (χ1) is 15.1. The third kappa shape index (κ3) is 5.18. The minimum atomic E-state index is -0.169. The van der Waals surface area contributed by atoms with Gasteiger partial charge in [0.1, 0.15) is 5.82 Å². The molecule has 1 aliphatic heterocycles. The molecule has 1 fully saturated rings. The van der Waals surface area contributed by atoms with Gasteiger partial charge in [0, 0.05) is 50.7 Å². The third-order valence-corrected chi connectivity index (χ3v) is 5.88. The molecule has 11 heteroatoms. The summed E-state index contributed by atoms with van der Waals surface area (Å²) in [6.45, 7) is 2.77. The van der Waals surface area contributed by atoms with Crippen molar-refractivity contribution in [1.82, 2.24) is 30.1 Å². The number of anilines is 2. The Bertz CT molecular complexity index is 1030. The predicted octanol–water partition coefficient (Wildman–Crippen LogP) is 1.30. The summed E-state index contributed by atoms with van der Waals surface area (Å²) in [5.41, 5.74) is 1.24. The number of rotatable bonds is 6. The number of pyridine rings is 1. The molecule has 0 spiro atoms. The molecule has 160 valence electrons. The van der Waals surface area contributed by atoms with Crippen molar-refractivity contribution in [3.63, 3.8) is 0 Å². The van der Waals surface area contributed by atoms with E-state index in [1.807, 2.05) is 23.1 Å². The second kappa shape index (κ2) is 9.56. The fourth-order valence-corrected chi connectivity index (χ4v) is 3.88.